The number of halogens is 4. The molecule has 0 spiro atoms. The fraction of sp³-hybridized carbons (Fsp3) is 0.0556. The number of hydrogen-bond acceptors (Lipinski definition) is 4. The van der Waals surface area contributed by atoms with Crippen molar-refractivity contribution >= 4 is 65.4 Å². The van der Waals surface area contributed by atoms with Gasteiger partial charge in [0.2, 0.25) is 0 Å². The van der Waals surface area contributed by atoms with Crippen LogP contribution in [0.5, 0.6) is 0 Å². The maximum absolute atomic E-state index is 11.4. The fourth-order valence-electron chi connectivity index (χ4n) is 1.94. The molecule has 26 heavy (non-hydrogen) atoms. The second kappa shape index (κ2) is 10.2. The van der Waals surface area contributed by atoms with Crippen LogP contribution in [0, 0.1) is 0 Å². The normalized spacial score (nSPS) is 9.88. The van der Waals surface area contributed by atoms with Gasteiger partial charge in [-0.2, -0.15) is 0 Å². The van der Waals surface area contributed by atoms with Gasteiger partial charge in [-0.15, -0.1) is 0 Å². The van der Waals surface area contributed by atoms with E-state index in [9.17, 15) is 4.79 Å². The zero-order chi connectivity index (χ0) is 19.1. The number of hydrogen-bond donors (Lipinski definition) is 0. The van der Waals surface area contributed by atoms with Crippen LogP contribution in [0.1, 0.15) is 10.4 Å². The van der Waals surface area contributed by atoms with E-state index >= 15 is 0 Å². The predicted octanol–water partition coefficient (Wildman–Crippen LogP) is 6.56. The standard InChI is InChI=1S/C13H9BrClNO2.C5H3Br2N/c1-18-13(17)8-2-3-11(12(15)5-8)9-4-10(14)7-16-6-9;6-4-1-5(7)3-8-2-4/h2-7H,1H3;1-3H. The van der Waals surface area contributed by atoms with Crippen LogP contribution in [-0.2, 0) is 4.74 Å². The number of benzene rings is 1. The molecule has 2 heterocycles. The lowest BCUT2D eigenvalue weighted by atomic mass is 10.1. The van der Waals surface area contributed by atoms with Gasteiger partial charge < -0.3 is 4.74 Å². The third-order valence-electron chi connectivity index (χ3n) is 3.08. The fourth-order valence-corrected chi connectivity index (χ4v) is 3.63. The van der Waals surface area contributed by atoms with E-state index in [1.807, 2.05) is 12.1 Å². The zero-order valence-corrected chi connectivity index (χ0v) is 18.9. The number of esters is 1. The minimum atomic E-state index is -0.407. The van der Waals surface area contributed by atoms with Gasteiger partial charge in [0.05, 0.1) is 12.7 Å². The number of carbonyl (C=O) groups is 1. The Balaban J connectivity index is 0.000000254. The first kappa shape index (κ1) is 21.0. The van der Waals surface area contributed by atoms with E-state index in [-0.39, 0.29) is 0 Å². The Morgan fingerprint density at radius 3 is 1.96 bits per heavy atom. The highest BCUT2D eigenvalue weighted by Gasteiger charge is 2.10. The minimum Gasteiger partial charge on any atom is -0.465 e. The van der Waals surface area contributed by atoms with E-state index in [0.29, 0.717) is 10.6 Å². The molecule has 0 unspecified atom stereocenters. The molecule has 3 rings (SSSR count). The summed E-state index contributed by atoms with van der Waals surface area (Å²) < 4.78 is 7.49. The summed E-state index contributed by atoms with van der Waals surface area (Å²) in [4.78, 5) is 19.3. The van der Waals surface area contributed by atoms with Crippen molar-refractivity contribution < 1.29 is 9.53 Å². The van der Waals surface area contributed by atoms with E-state index in [4.69, 9.17) is 11.6 Å². The Bertz CT molecular complexity index is 905. The van der Waals surface area contributed by atoms with Crippen LogP contribution in [0.4, 0.5) is 0 Å². The average Bonchev–Trinajstić information content (AvgIpc) is 2.61. The predicted molar refractivity (Wildman–Crippen MR) is 113 cm³/mol. The summed E-state index contributed by atoms with van der Waals surface area (Å²) in [5.41, 5.74) is 2.12. The molecule has 0 aliphatic rings. The minimum absolute atomic E-state index is 0.407. The van der Waals surface area contributed by atoms with Gasteiger partial charge in [0.15, 0.2) is 0 Å². The van der Waals surface area contributed by atoms with Gasteiger partial charge in [0.25, 0.3) is 0 Å². The molecular weight excluding hydrogens is 551 g/mol. The van der Waals surface area contributed by atoms with Crippen LogP contribution in [-0.4, -0.2) is 23.0 Å². The van der Waals surface area contributed by atoms with Crippen molar-refractivity contribution in [1.82, 2.24) is 9.97 Å². The van der Waals surface area contributed by atoms with E-state index in [1.54, 1.807) is 43.0 Å². The lowest BCUT2D eigenvalue weighted by Crippen LogP contribution is -2.00. The van der Waals surface area contributed by atoms with E-state index < -0.39 is 5.97 Å². The van der Waals surface area contributed by atoms with Crippen molar-refractivity contribution in [2.45, 2.75) is 0 Å². The summed E-state index contributed by atoms with van der Waals surface area (Å²) in [6, 6.07) is 8.88. The highest BCUT2D eigenvalue weighted by Crippen LogP contribution is 2.29. The van der Waals surface area contributed by atoms with Gasteiger partial charge >= 0.3 is 5.97 Å². The maximum atomic E-state index is 11.4. The molecule has 0 aliphatic carbocycles. The van der Waals surface area contributed by atoms with Crippen LogP contribution < -0.4 is 0 Å². The third kappa shape index (κ3) is 6.16. The number of nitrogens with zero attached hydrogens (tertiary/aromatic N) is 2. The molecule has 0 bridgehead atoms. The van der Waals surface area contributed by atoms with Crippen molar-refractivity contribution in [1.29, 1.82) is 0 Å². The van der Waals surface area contributed by atoms with Crippen LogP contribution >= 0.6 is 59.4 Å². The lowest BCUT2D eigenvalue weighted by molar-refractivity contribution is 0.0601. The summed E-state index contributed by atoms with van der Waals surface area (Å²) in [5.74, 6) is -0.407. The second-order valence-electron chi connectivity index (χ2n) is 4.90. The van der Waals surface area contributed by atoms with Crippen LogP contribution in [0.15, 0.2) is 68.5 Å². The number of carbonyl (C=O) groups excluding carboxylic acids is 1. The van der Waals surface area contributed by atoms with Crippen LogP contribution in [0.2, 0.25) is 5.02 Å². The number of methoxy groups -OCH3 is 1. The maximum Gasteiger partial charge on any atom is 0.337 e. The zero-order valence-electron chi connectivity index (χ0n) is 13.4. The first-order valence-electron chi connectivity index (χ1n) is 7.15. The summed E-state index contributed by atoms with van der Waals surface area (Å²) in [6.45, 7) is 0. The number of pyridine rings is 2. The molecule has 0 saturated carbocycles. The van der Waals surface area contributed by atoms with E-state index in [0.717, 1.165) is 24.5 Å². The quantitative estimate of drug-likeness (QED) is 0.332. The van der Waals surface area contributed by atoms with Gasteiger partial charge in [0, 0.05) is 54.4 Å². The molecule has 0 atom stereocenters. The highest BCUT2D eigenvalue weighted by molar-refractivity contribution is 9.11. The smallest absolute Gasteiger partial charge is 0.337 e. The van der Waals surface area contributed by atoms with Crippen molar-refractivity contribution in [2.75, 3.05) is 7.11 Å². The van der Waals surface area contributed by atoms with Crippen molar-refractivity contribution in [2.24, 2.45) is 0 Å². The summed E-state index contributed by atoms with van der Waals surface area (Å²) in [7, 11) is 1.34. The average molecular weight is 563 g/mol. The molecule has 134 valence electrons. The Morgan fingerprint density at radius 1 is 0.923 bits per heavy atom. The van der Waals surface area contributed by atoms with E-state index in [1.165, 1.54) is 7.11 Å². The Kier molecular flexibility index (Phi) is 8.21. The number of rotatable bonds is 2. The molecule has 0 saturated heterocycles. The van der Waals surface area contributed by atoms with Crippen molar-refractivity contribution in [3.63, 3.8) is 0 Å². The molecule has 0 radical (unpaired) electrons. The molecule has 1 aromatic carbocycles. The van der Waals surface area contributed by atoms with Gasteiger partial charge in [-0.05, 0) is 72.1 Å². The van der Waals surface area contributed by atoms with Crippen molar-refractivity contribution in [3.05, 3.63) is 79.1 Å². The summed E-state index contributed by atoms with van der Waals surface area (Å²) in [5, 5.41) is 0.484. The van der Waals surface area contributed by atoms with Crippen LogP contribution in [0.3, 0.4) is 0 Å². The van der Waals surface area contributed by atoms with Gasteiger partial charge in [0.1, 0.15) is 0 Å². The van der Waals surface area contributed by atoms with Crippen molar-refractivity contribution in [3.8, 4) is 11.1 Å². The largest absolute Gasteiger partial charge is 0.465 e. The topological polar surface area (TPSA) is 52.1 Å². The SMILES string of the molecule is Brc1cncc(Br)c1.COC(=O)c1ccc(-c2cncc(Br)c2)c(Cl)c1. The Labute approximate surface area is 181 Å². The van der Waals surface area contributed by atoms with Gasteiger partial charge in [-0.1, -0.05) is 17.7 Å². The van der Waals surface area contributed by atoms with E-state index in [2.05, 4.69) is 62.5 Å². The third-order valence-corrected chi connectivity index (χ3v) is 4.69. The molecule has 0 amide bonds. The monoisotopic (exact) mass is 560 g/mol. The molecule has 4 nitrogen and oxygen atoms in total. The van der Waals surface area contributed by atoms with Crippen LogP contribution in [0.25, 0.3) is 11.1 Å². The molecular formula is C18H12Br3ClN2O2. The Hall–Kier alpha value is -1.28. The first-order valence-corrected chi connectivity index (χ1v) is 9.91. The Morgan fingerprint density at radius 2 is 1.50 bits per heavy atom. The lowest BCUT2D eigenvalue weighted by Gasteiger charge is -2.06. The molecule has 8 heteroatoms. The second-order valence-corrected chi connectivity index (χ2v) is 8.05. The highest BCUT2D eigenvalue weighted by atomic mass is 79.9. The molecule has 3 aromatic rings. The molecule has 0 aliphatic heterocycles. The molecule has 0 fully saturated rings. The summed E-state index contributed by atoms with van der Waals surface area (Å²) in [6.07, 6.45) is 6.89. The molecule has 2 aromatic heterocycles. The van der Waals surface area contributed by atoms with Gasteiger partial charge in [-0.25, -0.2) is 4.79 Å². The first-order chi connectivity index (χ1) is 12.4. The number of ether oxygens (including phenoxy) is 1. The summed E-state index contributed by atoms with van der Waals surface area (Å²) >= 11 is 16.1. The molecule has 0 N–H and O–H groups in total. The van der Waals surface area contributed by atoms with Gasteiger partial charge in [-0.3, -0.25) is 9.97 Å². The number of aromatic nitrogens is 2.